The van der Waals surface area contributed by atoms with Gasteiger partial charge in [-0.05, 0) is 43.5 Å². The minimum atomic E-state index is -4.45. The molecule has 0 spiro atoms. The van der Waals surface area contributed by atoms with E-state index in [1.165, 1.54) is 6.07 Å². The lowest BCUT2D eigenvalue weighted by atomic mass is 10.1. The molecule has 2 aromatic carbocycles. The van der Waals surface area contributed by atoms with Crippen LogP contribution >= 0.6 is 0 Å². The Bertz CT molecular complexity index is 1160. The van der Waals surface area contributed by atoms with E-state index in [4.69, 9.17) is 0 Å². The Kier molecular flexibility index (Phi) is 6.06. The molecule has 1 aromatic heterocycles. The molecule has 0 fully saturated rings. The van der Waals surface area contributed by atoms with Crippen LogP contribution < -0.4 is 10.5 Å². The molecule has 0 radical (unpaired) electrons. The zero-order chi connectivity index (χ0) is 22.9. The highest BCUT2D eigenvalue weighted by atomic mass is 19.4. The summed E-state index contributed by atoms with van der Waals surface area (Å²) in [5.41, 5.74) is 1.88. The van der Waals surface area contributed by atoms with Crippen molar-refractivity contribution in [2.45, 2.75) is 39.5 Å². The van der Waals surface area contributed by atoms with Gasteiger partial charge < -0.3 is 0 Å². The maximum absolute atomic E-state index is 13.3. The van der Waals surface area contributed by atoms with Crippen molar-refractivity contribution < 1.29 is 13.2 Å². The van der Waals surface area contributed by atoms with Gasteiger partial charge in [-0.25, -0.2) is 4.98 Å². The Morgan fingerprint density at radius 1 is 1.03 bits per heavy atom. The summed E-state index contributed by atoms with van der Waals surface area (Å²) in [5, 5.41) is 0. The van der Waals surface area contributed by atoms with Gasteiger partial charge in [0.05, 0.1) is 18.9 Å². The van der Waals surface area contributed by atoms with Crippen LogP contribution in [0.2, 0.25) is 0 Å². The molecule has 0 bridgehead atoms. The molecule has 168 valence electrons. The van der Waals surface area contributed by atoms with Gasteiger partial charge in [0.1, 0.15) is 0 Å². The topological polar surface area (TPSA) is 41.4 Å². The Morgan fingerprint density at radius 3 is 2.47 bits per heavy atom. The maximum atomic E-state index is 13.3. The number of hydrogen-bond donors (Lipinski definition) is 0. The number of hydrogen-bond acceptors (Lipinski definition) is 4. The molecule has 0 unspecified atom stereocenters. The van der Waals surface area contributed by atoms with Gasteiger partial charge in [0.25, 0.3) is 5.56 Å². The Hall–Kier alpha value is -3.13. The second-order valence-corrected chi connectivity index (χ2v) is 7.95. The summed E-state index contributed by atoms with van der Waals surface area (Å²) in [6, 6.07) is 15.1. The van der Waals surface area contributed by atoms with E-state index >= 15 is 0 Å². The van der Waals surface area contributed by atoms with Crippen LogP contribution in [-0.2, 0) is 25.7 Å². The van der Waals surface area contributed by atoms with E-state index in [9.17, 15) is 18.0 Å². The molecule has 32 heavy (non-hydrogen) atoms. The van der Waals surface area contributed by atoms with E-state index in [0.29, 0.717) is 49.2 Å². The summed E-state index contributed by atoms with van der Waals surface area (Å²) in [5.74, 6) is 0.375. The summed E-state index contributed by atoms with van der Waals surface area (Å²) in [6.07, 6.45) is -3.14. The van der Waals surface area contributed by atoms with Crippen LogP contribution in [0.1, 0.15) is 29.3 Å². The second-order valence-electron chi connectivity index (χ2n) is 7.95. The third-order valence-electron chi connectivity index (χ3n) is 5.77. The van der Waals surface area contributed by atoms with Gasteiger partial charge in [0.2, 0.25) is 5.95 Å². The molecule has 0 N–H and O–H groups in total. The molecule has 8 heteroatoms. The Morgan fingerprint density at radius 2 is 1.78 bits per heavy atom. The molecular weight excluding hydrogens is 417 g/mol. The van der Waals surface area contributed by atoms with E-state index < -0.39 is 11.7 Å². The third-order valence-corrected chi connectivity index (χ3v) is 5.77. The zero-order valence-electron chi connectivity index (χ0n) is 18.1. The number of alkyl halides is 3. The van der Waals surface area contributed by atoms with Gasteiger partial charge in [-0.3, -0.25) is 19.2 Å². The van der Waals surface area contributed by atoms with E-state index in [1.54, 1.807) is 22.5 Å². The van der Waals surface area contributed by atoms with Crippen LogP contribution in [0.5, 0.6) is 0 Å². The Labute approximate surface area is 184 Å². The summed E-state index contributed by atoms with van der Waals surface area (Å²) < 4.78 is 41.6. The molecule has 1 aliphatic heterocycles. The lowest BCUT2D eigenvalue weighted by Crippen LogP contribution is -2.48. The molecule has 5 nitrogen and oxygen atoms in total. The van der Waals surface area contributed by atoms with Crippen LogP contribution in [-0.4, -0.2) is 27.7 Å². The van der Waals surface area contributed by atoms with Crippen LogP contribution in [0.4, 0.5) is 24.8 Å². The average molecular weight is 442 g/mol. The number of aryl methyl sites for hydroxylation is 1. The lowest BCUT2D eigenvalue weighted by Gasteiger charge is -2.38. The smallest absolute Gasteiger partial charge is 0.298 e. The molecule has 4 rings (SSSR count). The van der Waals surface area contributed by atoms with Gasteiger partial charge in [0.15, 0.2) is 0 Å². The molecular formula is C24H25F3N4O. The summed E-state index contributed by atoms with van der Waals surface area (Å²) in [7, 11) is 0. The number of rotatable bonds is 5. The predicted octanol–water partition coefficient (Wildman–Crippen LogP) is 4.74. The monoisotopic (exact) mass is 442 g/mol. The van der Waals surface area contributed by atoms with Crippen molar-refractivity contribution in [2.75, 3.05) is 18.1 Å². The van der Waals surface area contributed by atoms with Crippen molar-refractivity contribution in [3.8, 4) is 0 Å². The summed E-state index contributed by atoms with van der Waals surface area (Å²) >= 11 is 0. The first-order valence-electron chi connectivity index (χ1n) is 10.6. The van der Waals surface area contributed by atoms with E-state index in [1.807, 2.05) is 37.3 Å². The van der Waals surface area contributed by atoms with Crippen LogP contribution in [0.15, 0.2) is 59.4 Å². The minimum absolute atomic E-state index is 0.142. The molecule has 0 saturated heterocycles. The first kappa shape index (κ1) is 22.1. The molecule has 0 aliphatic carbocycles. The molecule has 3 aromatic rings. The quantitative estimate of drug-likeness (QED) is 0.572. The fourth-order valence-corrected chi connectivity index (χ4v) is 4.06. The largest absolute Gasteiger partial charge is 0.416 e. The van der Waals surface area contributed by atoms with Gasteiger partial charge in [0, 0.05) is 23.5 Å². The normalized spacial score (nSPS) is 14.5. The minimum Gasteiger partial charge on any atom is -0.298 e. The van der Waals surface area contributed by atoms with Crippen LogP contribution in [0, 0.1) is 6.92 Å². The number of aromatic nitrogens is 2. The SMILES string of the molecule is CCc1c(C)nc2n(c1=O)CN(CCc1ccccc1)CN2c1cccc(C(F)(F)F)c1. The Balaban J connectivity index is 1.74. The van der Waals surface area contributed by atoms with Crippen molar-refractivity contribution >= 4 is 11.6 Å². The average Bonchev–Trinajstić information content (AvgIpc) is 2.78. The van der Waals surface area contributed by atoms with Crippen molar-refractivity contribution in [3.63, 3.8) is 0 Å². The van der Waals surface area contributed by atoms with Gasteiger partial charge in [-0.1, -0.05) is 43.3 Å². The summed E-state index contributed by atoms with van der Waals surface area (Å²) in [6.45, 7) is 5.01. The number of anilines is 2. The predicted molar refractivity (Wildman–Crippen MR) is 118 cm³/mol. The van der Waals surface area contributed by atoms with Crippen molar-refractivity contribution in [3.05, 3.63) is 87.3 Å². The molecule has 0 atom stereocenters. The molecule has 0 saturated carbocycles. The zero-order valence-corrected chi connectivity index (χ0v) is 18.1. The van der Waals surface area contributed by atoms with Crippen molar-refractivity contribution in [1.29, 1.82) is 0 Å². The van der Waals surface area contributed by atoms with Crippen LogP contribution in [0.25, 0.3) is 0 Å². The highest BCUT2D eigenvalue weighted by Crippen LogP contribution is 2.34. The molecule has 0 amide bonds. The number of benzene rings is 2. The maximum Gasteiger partial charge on any atom is 0.416 e. The highest BCUT2D eigenvalue weighted by Gasteiger charge is 2.32. The highest BCUT2D eigenvalue weighted by molar-refractivity contribution is 5.59. The second kappa shape index (κ2) is 8.78. The lowest BCUT2D eigenvalue weighted by molar-refractivity contribution is -0.137. The van der Waals surface area contributed by atoms with Crippen molar-refractivity contribution in [1.82, 2.24) is 14.5 Å². The fourth-order valence-electron chi connectivity index (χ4n) is 4.06. The van der Waals surface area contributed by atoms with E-state index in [0.717, 1.165) is 24.1 Å². The van der Waals surface area contributed by atoms with Gasteiger partial charge in [-0.15, -0.1) is 0 Å². The van der Waals surface area contributed by atoms with Gasteiger partial charge in [-0.2, -0.15) is 13.2 Å². The third kappa shape index (κ3) is 4.41. The van der Waals surface area contributed by atoms with E-state index in [-0.39, 0.29) is 5.56 Å². The molecule has 2 heterocycles. The van der Waals surface area contributed by atoms with Gasteiger partial charge >= 0.3 is 6.18 Å². The summed E-state index contributed by atoms with van der Waals surface area (Å²) in [4.78, 5) is 21.6. The first-order chi connectivity index (χ1) is 15.3. The van der Waals surface area contributed by atoms with Crippen LogP contribution in [0.3, 0.4) is 0 Å². The number of nitrogens with zero attached hydrogens (tertiary/aromatic N) is 4. The molecule has 1 aliphatic rings. The van der Waals surface area contributed by atoms with Crippen molar-refractivity contribution in [2.24, 2.45) is 0 Å². The fraction of sp³-hybridized carbons (Fsp3) is 0.333. The number of fused-ring (bicyclic) bond motifs is 1. The number of halogens is 3. The first-order valence-corrected chi connectivity index (χ1v) is 10.6. The van der Waals surface area contributed by atoms with E-state index in [2.05, 4.69) is 9.88 Å². The standard InChI is InChI=1S/C24H25F3N4O/c1-3-21-17(2)28-23-30(20-11-7-10-19(14-20)24(25,26)27)15-29(16-31(23)22(21)32)13-12-18-8-5-4-6-9-18/h4-11,14H,3,12-13,15-16H2,1-2H3.